The molecule has 0 aromatic heterocycles. The summed E-state index contributed by atoms with van der Waals surface area (Å²) in [6.45, 7) is 11.8. The Labute approximate surface area is 81.9 Å². The standard InChI is InChI=1S/C11H23NO/c1-10(2)5-7-12(9-10)8-6-11(3,4)13/h13H,5-9H2,1-4H3. The molecule has 0 aromatic rings. The molecule has 78 valence electrons. The van der Waals surface area contributed by atoms with Crippen LogP contribution in [-0.2, 0) is 0 Å². The molecule has 0 atom stereocenters. The Balaban J connectivity index is 2.25. The second-order valence-corrected chi connectivity index (χ2v) is 5.75. The first-order valence-corrected chi connectivity index (χ1v) is 5.23. The highest BCUT2D eigenvalue weighted by Gasteiger charge is 2.29. The highest BCUT2D eigenvalue weighted by atomic mass is 16.3. The molecule has 0 spiro atoms. The SMILES string of the molecule is CC(C)(O)CCN1CCC(C)(C)C1. The fraction of sp³-hybridized carbons (Fsp3) is 1.00. The van der Waals surface area contributed by atoms with Crippen molar-refractivity contribution >= 4 is 0 Å². The van der Waals surface area contributed by atoms with E-state index in [4.69, 9.17) is 0 Å². The average Bonchev–Trinajstić information content (AvgIpc) is 2.24. The maximum absolute atomic E-state index is 9.58. The first-order valence-electron chi connectivity index (χ1n) is 5.23. The van der Waals surface area contributed by atoms with E-state index in [0.717, 1.165) is 13.0 Å². The van der Waals surface area contributed by atoms with Crippen LogP contribution in [0.15, 0.2) is 0 Å². The first kappa shape index (κ1) is 11.0. The molecule has 1 heterocycles. The quantitative estimate of drug-likeness (QED) is 0.725. The average molecular weight is 185 g/mol. The summed E-state index contributed by atoms with van der Waals surface area (Å²) in [5.74, 6) is 0. The van der Waals surface area contributed by atoms with Crippen LogP contribution in [0.25, 0.3) is 0 Å². The molecule has 0 aliphatic carbocycles. The molecule has 0 aromatic carbocycles. The smallest absolute Gasteiger partial charge is 0.0603 e. The van der Waals surface area contributed by atoms with Gasteiger partial charge >= 0.3 is 0 Å². The molecular formula is C11H23NO. The van der Waals surface area contributed by atoms with E-state index < -0.39 is 5.60 Å². The molecule has 1 fully saturated rings. The van der Waals surface area contributed by atoms with Crippen LogP contribution in [-0.4, -0.2) is 35.2 Å². The molecule has 1 aliphatic rings. The molecule has 0 unspecified atom stereocenters. The zero-order valence-corrected chi connectivity index (χ0v) is 9.43. The van der Waals surface area contributed by atoms with E-state index in [1.54, 1.807) is 0 Å². The van der Waals surface area contributed by atoms with Gasteiger partial charge < -0.3 is 10.0 Å². The minimum Gasteiger partial charge on any atom is -0.390 e. The minimum atomic E-state index is -0.507. The van der Waals surface area contributed by atoms with Crippen LogP contribution in [0.5, 0.6) is 0 Å². The third kappa shape index (κ3) is 4.10. The van der Waals surface area contributed by atoms with Crippen molar-refractivity contribution in [1.82, 2.24) is 4.90 Å². The van der Waals surface area contributed by atoms with Gasteiger partial charge in [-0.1, -0.05) is 13.8 Å². The molecule has 1 aliphatic heterocycles. The van der Waals surface area contributed by atoms with Crippen LogP contribution in [0, 0.1) is 5.41 Å². The lowest BCUT2D eigenvalue weighted by Crippen LogP contribution is -2.30. The molecule has 0 radical (unpaired) electrons. The van der Waals surface area contributed by atoms with Crippen LogP contribution in [0.1, 0.15) is 40.5 Å². The Kier molecular flexibility index (Phi) is 3.03. The van der Waals surface area contributed by atoms with Gasteiger partial charge in [-0.25, -0.2) is 0 Å². The fourth-order valence-corrected chi connectivity index (χ4v) is 1.85. The number of likely N-dealkylation sites (tertiary alicyclic amines) is 1. The summed E-state index contributed by atoms with van der Waals surface area (Å²) >= 11 is 0. The maximum atomic E-state index is 9.58. The van der Waals surface area contributed by atoms with Gasteiger partial charge in [-0.15, -0.1) is 0 Å². The van der Waals surface area contributed by atoms with E-state index in [0.29, 0.717) is 5.41 Å². The molecule has 0 amide bonds. The van der Waals surface area contributed by atoms with Gasteiger partial charge in [0.2, 0.25) is 0 Å². The molecule has 1 N–H and O–H groups in total. The van der Waals surface area contributed by atoms with Crippen LogP contribution in [0.2, 0.25) is 0 Å². The Morgan fingerprint density at radius 1 is 1.38 bits per heavy atom. The van der Waals surface area contributed by atoms with Crippen molar-refractivity contribution in [2.75, 3.05) is 19.6 Å². The van der Waals surface area contributed by atoms with E-state index in [1.165, 1.54) is 19.5 Å². The van der Waals surface area contributed by atoms with Gasteiger partial charge in [0.15, 0.2) is 0 Å². The summed E-state index contributed by atoms with van der Waals surface area (Å²) < 4.78 is 0. The van der Waals surface area contributed by atoms with Crippen LogP contribution < -0.4 is 0 Å². The van der Waals surface area contributed by atoms with Crippen molar-refractivity contribution in [1.29, 1.82) is 0 Å². The van der Waals surface area contributed by atoms with Crippen LogP contribution in [0.4, 0.5) is 0 Å². The summed E-state index contributed by atoms with van der Waals surface area (Å²) in [5, 5.41) is 9.58. The summed E-state index contributed by atoms with van der Waals surface area (Å²) in [6.07, 6.45) is 2.17. The molecule has 0 bridgehead atoms. The Morgan fingerprint density at radius 3 is 2.38 bits per heavy atom. The van der Waals surface area contributed by atoms with E-state index in [-0.39, 0.29) is 0 Å². The van der Waals surface area contributed by atoms with Crippen LogP contribution >= 0.6 is 0 Å². The lowest BCUT2D eigenvalue weighted by molar-refractivity contribution is 0.0594. The molecule has 2 heteroatoms. The summed E-state index contributed by atoms with van der Waals surface area (Å²) in [4.78, 5) is 2.46. The van der Waals surface area contributed by atoms with Crippen LogP contribution in [0.3, 0.4) is 0 Å². The lowest BCUT2D eigenvalue weighted by atomic mass is 9.93. The number of nitrogens with zero attached hydrogens (tertiary/aromatic N) is 1. The molecule has 2 nitrogen and oxygen atoms in total. The van der Waals surface area contributed by atoms with Crippen molar-refractivity contribution in [2.45, 2.75) is 46.1 Å². The maximum Gasteiger partial charge on any atom is 0.0603 e. The van der Waals surface area contributed by atoms with Gasteiger partial charge in [-0.05, 0) is 38.6 Å². The Bertz CT molecular complexity index is 169. The second kappa shape index (κ2) is 3.58. The number of hydrogen-bond donors (Lipinski definition) is 1. The Morgan fingerprint density at radius 2 is 2.00 bits per heavy atom. The third-order valence-corrected chi connectivity index (χ3v) is 2.80. The zero-order chi connectivity index (χ0) is 10.1. The third-order valence-electron chi connectivity index (χ3n) is 2.80. The van der Waals surface area contributed by atoms with Gasteiger partial charge in [-0.2, -0.15) is 0 Å². The highest BCUT2D eigenvalue weighted by Crippen LogP contribution is 2.29. The predicted molar refractivity (Wildman–Crippen MR) is 55.8 cm³/mol. The van der Waals surface area contributed by atoms with Crippen molar-refractivity contribution < 1.29 is 5.11 Å². The largest absolute Gasteiger partial charge is 0.390 e. The van der Waals surface area contributed by atoms with Gasteiger partial charge in [0.05, 0.1) is 5.60 Å². The topological polar surface area (TPSA) is 23.5 Å². The van der Waals surface area contributed by atoms with Crippen molar-refractivity contribution in [2.24, 2.45) is 5.41 Å². The minimum absolute atomic E-state index is 0.486. The highest BCUT2D eigenvalue weighted by molar-refractivity contribution is 4.83. The van der Waals surface area contributed by atoms with Gasteiger partial charge in [0.1, 0.15) is 0 Å². The molecular weight excluding hydrogens is 162 g/mol. The van der Waals surface area contributed by atoms with E-state index in [1.807, 2.05) is 13.8 Å². The summed E-state index contributed by atoms with van der Waals surface area (Å²) in [7, 11) is 0. The normalized spacial score (nSPS) is 23.8. The van der Waals surface area contributed by atoms with Crippen molar-refractivity contribution in [3.63, 3.8) is 0 Å². The Hall–Kier alpha value is -0.0800. The van der Waals surface area contributed by atoms with E-state index >= 15 is 0 Å². The first-order chi connectivity index (χ1) is 5.79. The monoisotopic (exact) mass is 185 g/mol. The number of rotatable bonds is 3. The van der Waals surface area contributed by atoms with Crippen molar-refractivity contribution in [3.8, 4) is 0 Å². The number of hydrogen-bond acceptors (Lipinski definition) is 2. The molecule has 0 saturated carbocycles. The van der Waals surface area contributed by atoms with E-state index in [9.17, 15) is 5.11 Å². The molecule has 1 saturated heterocycles. The van der Waals surface area contributed by atoms with Crippen molar-refractivity contribution in [3.05, 3.63) is 0 Å². The molecule has 1 rings (SSSR count). The summed E-state index contributed by atoms with van der Waals surface area (Å²) in [6, 6.07) is 0. The molecule has 13 heavy (non-hydrogen) atoms. The predicted octanol–water partition coefficient (Wildman–Crippen LogP) is 1.88. The number of aliphatic hydroxyl groups is 1. The van der Waals surface area contributed by atoms with E-state index in [2.05, 4.69) is 18.7 Å². The second-order valence-electron chi connectivity index (χ2n) is 5.75. The van der Waals surface area contributed by atoms with Gasteiger partial charge in [0, 0.05) is 13.1 Å². The lowest BCUT2D eigenvalue weighted by Gasteiger charge is -2.23. The summed E-state index contributed by atoms with van der Waals surface area (Å²) in [5.41, 5.74) is -0.0215. The zero-order valence-electron chi connectivity index (χ0n) is 9.43. The van der Waals surface area contributed by atoms with Gasteiger partial charge in [0.25, 0.3) is 0 Å². The van der Waals surface area contributed by atoms with Gasteiger partial charge in [-0.3, -0.25) is 0 Å². The fourth-order valence-electron chi connectivity index (χ4n) is 1.85.